The third kappa shape index (κ3) is 4.79. The Bertz CT molecular complexity index is 1110. The van der Waals surface area contributed by atoms with Crippen LogP contribution in [-0.2, 0) is 13.1 Å². The molecular formula is C26H29ClN4. The molecule has 4 rings (SSSR count). The van der Waals surface area contributed by atoms with E-state index in [2.05, 4.69) is 72.0 Å². The van der Waals surface area contributed by atoms with Gasteiger partial charge in [0.05, 0.1) is 10.6 Å². The van der Waals surface area contributed by atoms with Crippen molar-refractivity contribution in [2.75, 3.05) is 18.0 Å². The van der Waals surface area contributed by atoms with Crippen LogP contribution in [0.5, 0.6) is 0 Å². The van der Waals surface area contributed by atoms with E-state index in [1.54, 1.807) is 0 Å². The number of aromatic amines is 1. The van der Waals surface area contributed by atoms with Gasteiger partial charge in [0.1, 0.15) is 6.07 Å². The molecule has 0 amide bonds. The fourth-order valence-electron chi connectivity index (χ4n) is 4.56. The van der Waals surface area contributed by atoms with E-state index >= 15 is 0 Å². The van der Waals surface area contributed by atoms with Crippen molar-refractivity contribution in [1.82, 2.24) is 9.88 Å². The summed E-state index contributed by atoms with van der Waals surface area (Å²) in [6.07, 6.45) is 1.10. The maximum absolute atomic E-state index is 9.27. The first kappa shape index (κ1) is 21.5. The lowest BCUT2D eigenvalue weighted by Gasteiger charge is -2.32. The summed E-state index contributed by atoms with van der Waals surface area (Å²) in [7, 11) is 0. The lowest BCUT2D eigenvalue weighted by atomic mass is 10.1. The summed E-state index contributed by atoms with van der Waals surface area (Å²) in [5, 5.41) is 9.79. The summed E-state index contributed by atoms with van der Waals surface area (Å²) in [6, 6.07) is 19.1. The van der Waals surface area contributed by atoms with Crippen LogP contribution in [-0.4, -0.2) is 29.0 Å². The number of aromatic nitrogens is 1. The van der Waals surface area contributed by atoms with E-state index in [0.29, 0.717) is 16.6 Å². The molecule has 1 saturated heterocycles. The number of likely N-dealkylation sites (tertiary alicyclic amines) is 1. The normalized spacial score (nSPS) is 16.4. The molecule has 5 heteroatoms. The zero-order valence-corrected chi connectivity index (χ0v) is 19.2. The highest BCUT2D eigenvalue weighted by Gasteiger charge is 2.29. The SMILES string of the molecule is Cc1cc(C)c(CN2CC[C@H](N(Cc3ccccc3C)c3ccc(C#N)c(Cl)c3)C2)[nH]1. The standard InChI is InChI=1S/C26H29ClN4/c1-18-6-4-5-7-22(18)15-31(23-9-8-21(14-28)25(27)13-23)24-10-11-30(16-24)17-26-19(2)12-20(3)29-26/h4-9,12-13,24,29H,10-11,15-17H2,1-3H3/t24-/m0/s1. The van der Waals surface area contributed by atoms with Gasteiger partial charge < -0.3 is 9.88 Å². The highest BCUT2D eigenvalue weighted by Crippen LogP contribution is 2.30. The number of nitrogens with one attached hydrogen (secondary N) is 1. The number of halogens is 1. The predicted octanol–water partition coefficient (Wildman–Crippen LogP) is 5.75. The predicted molar refractivity (Wildman–Crippen MR) is 127 cm³/mol. The van der Waals surface area contributed by atoms with Crippen molar-refractivity contribution < 1.29 is 0 Å². The Balaban J connectivity index is 1.58. The zero-order chi connectivity index (χ0) is 22.0. The Hall–Kier alpha value is -2.74. The smallest absolute Gasteiger partial charge is 0.101 e. The number of anilines is 1. The van der Waals surface area contributed by atoms with Crippen LogP contribution in [0.3, 0.4) is 0 Å². The molecule has 1 aromatic heterocycles. The summed E-state index contributed by atoms with van der Waals surface area (Å²) >= 11 is 6.41. The minimum atomic E-state index is 0.389. The van der Waals surface area contributed by atoms with Gasteiger partial charge in [0.2, 0.25) is 0 Å². The van der Waals surface area contributed by atoms with Gasteiger partial charge in [-0.1, -0.05) is 35.9 Å². The Morgan fingerprint density at radius 2 is 1.94 bits per heavy atom. The van der Waals surface area contributed by atoms with Crippen molar-refractivity contribution in [3.63, 3.8) is 0 Å². The van der Waals surface area contributed by atoms with Crippen molar-refractivity contribution in [3.05, 3.63) is 87.2 Å². The molecule has 1 fully saturated rings. The van der Waals surface area contributed by atoms with Gasteiger partial charge in [0.25, 0.3) is 0 Å². The molecule has 2 heterocycles. The van der Waals surface area contributed by atoms with Crippen molar-refractivity contribution >= 4 is 17.3 Å². The van der Waals surface area contributed by atoms with Crippen LogP contribution >= 0.6 is 11.6 Å². The number of H-pyrrole nitrogens is 1. The molecule has 0 spiro atoms. The van der Waals surface area contributed by atoms with Crippen molar-refractivity contribution in [2.24, 2.45) is 0 Å². The minimum Gasteiger partial charge on any atom is -0.363 e. The number of hydrogen-bond acceptors (Lipinski definition) is 3. The number of hydrogen-bond donors (Lipinski definition) is 1. The summed E-state index contributed by atoms with van der Waals surface area (Å²) in [6.45, 7) is 10.3. The largest absolute Gasteiger partial charge is 0.363 e. The Morgan fingerprint density at radius 1 is 1.13 bits per heavy atom. The molecule has 4 nitrogen and oxygen atoms in total. The lowest BCUT2D eigenvalue weighted by Crippen LogP contribution is -2.37. The maximum atomic E-state index is 9.27. The second kappa shape index (κ2) is 9.18. The fourth-order valence-corrected chi connectivity index (χ4v) is 4.78. The molecule has 1 aliphatic heterocycles. The monoisotopic (exact) mass is 432 g/mol. The molecule has 0 radical (unpaired) electrons. The first-order valence-corrected chi connectivity index (χ1v) is 11.2. The average molecular weight is 433 g/mol. The molecule has 1 atom stereocenters. The van der Waals surface area contributed by atoms with Crippen LogP contribution in [0.15, 0.2) is 48.5 Å². The molecule has 0 aliphatic carbocycles. The third-order valence-corrected chi connectivity index (χ3v) is 6.65. The number of rotatable bonds is 6. The van der Waals surface area contributed by atoms with Gasteiger partial charge in [-0.25, -0.2) is 0 Å². The molecule has 0 saturated carbocycles. The molecule has 31 heavy (non-hydrogen) atoms. The van der Waals surface area contributed by atoms with Crippen LogP contribution in [0, 0.1) is 32.1 Å². The Morgan fingerprint density at radius 3 is 2.61 bits per heavy atom. The van der Waals surface area contributed by atoms with E-state index in [9.17, 15) is 5.26 Å². The summed E-state index contributed by atoms with van der Waals surface area (Å²) < 4.78 is 0. The average Bonchev–Trinajstić information content (AvgIpc) is 3.33. The molecule has 2 aromatic carbocycles. The van der Waals surface area contributed by atoms with Crippen molar-refractivity contribution in [2.45, 2.75) is 46.3 Å². The van der Waals surface area contributed by atoms with Crippen LogP contribution in [0.4, 0.5) is 5.69 Å². The minimum absolute atomic E-state index is 0.389. The molecule has 3 aromatic rings. The van der Waals surface area contributed by atoms with E-state index in [0.717, 1.165) is 38.3 Å². The van der Waals surface area contributed by atoms with Gasteiger partial charge in [-0.3, -0.25) is 4.90 Å². The first-order valence-electron chi connectivity index (χ1n) is 10.8. The van der Waals surface area contributed by atoms with E-state index in [1.165, 1.54) is 28.1 Å². The van der Waals surface area contributed by atoms with Gasteiger partial charge in [-0.05, 0) is 68.1 Å². The highest BCUT2D eigenvalue weighted by atomic mass is 35.5. The molecular weight excluding hydrogens is 404 g/mol. The molecule has 1 N–H and O–H groups in total. The molecule has 0 unspecified atom stereocenters. The topological polar surface area (TPSA) is 46.1 Å². The molecule has 160 valence electrons. The van der Waals surface area contributed by atoms with E-state index in [1.807, 2.05) is 18.2 Å². The number of benzene rings is 2. The quantitative estimate of drug-likeness (QED) is 0.539. The fraction of sp³-hybridized carbons (Fsp3) is 0.346. The third-order valence-electron chi connectivity index (χ3n) is 6.33. The van der Waals surface area contributed by atoms with E-state index < -0.39 is 0 Å². The van der Waals surface area contributed by atoms with Crippen LogP contribution in [0.25, 0.3) is 0 Å². The number of aryl methyl sites for hydroxylation is 3. The lowest BCUT2D eigenvalue weighted by molar-refractivity contribution is 0.320. The van der Waals surface area contributed by atoms with Crippen LogP contribution in [0.1, 0.15) is 40.1 Å². The number of nitrogens with zero attached hydrogens (tertiary/aromatic N) is 3. The maximum Gasteiger partial charge on any atom is 0.101 e. The Kier molecular flexibility index (Phi) is 6.36. The second-order valence-corrected chi connectivity index (χ2v) is 9.03. The zero-order valence-electron chi connectivity index (χ0n) is 18.5. The number of nitriles is 1. The highest BCUT2D eigenvalue weighted by molar-refractivity contribution is 6.32. The summed E-state index contributed by atoms with van der Waals surface area (Å²) in [5.41, 5.74) is 8.06. The Labute approximate surface area is 190 Å². The van der Waals surface area contributed by atoms with E-state index in [4.69, 9.17) is 11.6 Å². The van der Waals surface area contributed by atoms with Gasteiger partial charge >= 0.3 is 0 Å². The second-order valence-electron chi connectivity index (χ2n) is 8.62. The van der Waals surface area contributed by atoms with Crippen LogP contribution in [0.2, 0.25) is 5.02 Å². The van der Waals surface area contributed by atoms with Crippen molar-refractivity contribution in [1.29, 1.82) is 5.26 Å². The molecule has 1 aliphatic rings. The summed E-state index contributed by atoms with van der Waals surface area (Å²) in [5.74, 6) is 0. The van der Waals surface area contributed by atoms with Gasteiger partial charge in [0, 0.05) is 49.3 Å². The summed E-state index contributed by atoms with van der Waals surface area (Å²) in [4.78, 5) is 8.50. The van der Waals surface area contributed by atoms with E-state index in [-0.39, 0.29) is 0 Å². The van der Waals surface area contributed by atoms with Crippen molar-refractivity contribution in [3.8, 4) is 6.07 Å². The van der Waals surface area contributed by atoms with Gasteiger partial charge in [-0.2, -0.15) is 5.26 Å². The first-order chi connectivity index (χ1) is 14.9. The van der Waals surface area contributed by atoms with Crippen LogP contribution < -0.4 is 4.90 Å². The van der Waals surface area contributed by atoms with Gasteiger partial charge in [0.15, 0.2) is 0 Å². The molecule has 0 bridgehead atoms. The van der Waals surface area contributed by atoms with Gasteiger partial charge in [-0.15, -0.1) is 0 Å².